The number of fused-ring (bicyclic) bond motifs is 1. The van der Waals surface area contributed by atoms with Gasteiger partial charge >= 0.3 is 0 Å². The summed E-state index contributed by atoms with van der Waals surface area (Å²) in [6.45, 7) is 3.94. The molecule has 0 saturated heterocycles. The highest BCUT2D eigenvalue weighted by Gasteiger charge is 2.34. The fourth-order valence-electron chi connectivity index (χ4n) is 3.05. The molecular formula is C19H21NO3S. The molecule has 1 aliphatic heterocycles. The summed E-state index contributed by atoms with van der Waals surface area (Å²) in [5.74, 6) is -0.359. The highest BCUT2D eigenvalue weighted by Crippen LogP contribution is 2.29. The largest absolute Gasteiger partial charge is 0.311 e. The normalized spacial score (nSPS) is 15.7. The van der Waals surface area contributed by atoms with Gasteiger partial charge in [-0.1, -0.05) is 35.9 Å². The van der Waals surface area contributed by atoms with Crippen molar-refractivity contribution in [3.05, 3.63) is 59.7 Å². The van der Waals surface area contributed by atoms with E-state index in [1.807, 2.05) is 31.2 Å². The Kier molecular flexibility index (Phi) is 4.45. The molecule has 0 bridgehead atoms. The minimum atomic E-state index is -3.70. The molecule has 24 heavy (non-hydrogen) atoms. The van der Waals surface area contributed by atoms with Crippen molar-refractivity contribution in [2.45, 2.75) is 36.8 Å². The number of anilines is 1. The fourth-order valence-corrected chi connectivity index (χ4v) is 4.36. The van der Waals surface area contributed by atoms with Crippen molar-refractivity contribution in [2.24, 2.45) is 0 Å². The molecule has 126 valence electrons. The summed E-state index contributed by atoms with van der Waals surface area (Å²) in [4.78, 5) is 14.7. The van der Waals surface area contributed by atoms with E-state index in [9.17, 15) is 13.2 Å². The van der Waals surface area contributed by atoms with E-state index >= 15 is 0 Å². The molecule has 0 fully saturated rings. The number of carbonyl (C=O) groups excluding carboxylic acids is 1. The molecule has 4 nitrogen and oxygen atoms in total. The van der Waals surface area contributed by atoms with Gasteiger partial charge in [0.1, 0.15) is 5.25 Å². The van der Waals surface area contributed by atoms with Gasteiger partial charge < -0.3 is 4.90 Å². The lowest BCUT2D eigenvalue weighted by Crippen LogP contribution is -2.44. The van der Waals surface area contributed by atoms with Crippen LogP contribution < -0.4 is 4.90 Å². The molecule has 0 saturated carbocycles. The zero-order chi connectivity index (χ0) is 17.3. The van der Waals surface area contributed by atoms with Gasteiger partial charge in [0.05, 0.1) is 4.90 Å². The maximum atomic E-state index is 12.9. The number of hydrogen-bond donors (Lipinski definition) is 0. The van der Waals surface area contributed by atoms with Gasteiger partial charge in [-0.25, -0.2) is 8.42 Å². The number of rotatable bonds is 3. The first-order valence-electron chi connectivity index (χ1n) is 8.11. The lowest BCUT2D eigenvalue weighted by molar-refractivity contribution is -0.118. The third kappa shape index (κ3) is 2.96. The molecular weight excluding hydrogens is 322 g/mol. The second kappa shape index (κ2) is 6.40. The standard InChI is InChI=1S/C19H21NO3S/c1-14-9-11-17(12-10-14)24(22,23)15(2)19(21)20-13-5-7-16-6-3-4-8-18(16)20/h3-4,6,8-12,15H,5,7,13H2,1-2H3. The molecule has 1 atom stereocenters. The lowest BCUT2D eigenvalue weighted by Gasteiger charge is -2.31. The Balaban J connectivity index is 1.92. The minimum Gasteiger partial charge on any atom is -0.311 e. The van der Waals surface area contributed by atoms with Crippen molar-refractivity contribution in [1.82, 2.24) is 0 Å². The Morgan fingerprint density at radius 3 is 2.46 bits per heavy atom. The third-order valence-corrected chi connectivity index (χ3v) is 6.60. The van der Waals surface area contributed by atoms with Gasteiger partial charge in [0.2, 0.25) is 5.91 Å². The molecule has 1 heterocycles. The summed E-state index contributed by atoms with van der Waals surface area (Å²) in [7, 11) is -3.70. The highest BCUT2D eigenvalue weighted by molar-refractivity contribution is 7.92. The Morgan fingerprint density at radius 1 is 1.08 bits per heavy atom. The third-order valence-electron chi connectivity index (χ3n) is 4.54. The monoisotopic (exact) mass is 343 g/mol. The van der Waals surface area contributed by atoms with E-state index in [1.165, 1.54) is 6.92 Å². The van der Waals surface area contributed by atoms with Gasteiger partial charge in [-0.3, -0.25) is 4.79 Å². The molecule has 0 N–H and O–H groups in total. The van der Waals surface area contributed by atoms with Gasteiger partial charge in [-0.2, -0.15) is 0 Å². The Hall–Kier alpha value is -2.14. The number of para-hydroxylation sites is 1. The van der Waals surface area contributed by atoms with E-state index in [-0.39, 0.29) is 10.8 Å². The van der Waals surface area contributed by atoms with Crippen molar-refractivity contribution in [3.8, 4) is 0 Å². The maximum absolute atomic E-state index is 12.9. The molecule has 0 aromatic heterocycles. The predicted octanol–water partition coefficient (Wildman–Crippen LogP) is 3.14. The summed E-state index contributed by atoms with van der Waals surface area (Å²) in [5.41, 5.74) is 2.91. The summed E-state index contributed by atoms with van der Waals surface area (Å²) in [6, 6.07) is 14.3. The quantitative estimate of drug-likeness (QED) is 0.860. The second-order valence-corrected chi connectivity index (χ2v) is 8.49. The van der Waals surface area contributed by atoms with Crippen LogP contribution in [0.15, 0.2) is 53.4 Å². The highest BCUT2D eigenvalue weighted by atomic mass is 32.2. The summed E-state index contributed by atoms with van der Waals surface area (Å²) < 4.78 is 25.6. The Morgan fingerprint density at radius 2 is 1.75 bits per heavy atom. The van der Waals surface area contributed by atoms with Crippen LogP contribution in [0.2, 0.25) is 0 Å². The van der Waals surface area contributed by atoms with E-state index < -0.39 is 15.1 Å². The number of aryl methyl sites for hydroxylation is 2. The molecule has 0 spiro atoms. The molecule has 1 aliphatic rings. The average Bonchev–Trinajstić information content (AvgIpc) is 2.60. The fraction of sp³-hybridized carbons (Fsp3) is 0.316. The van der Waals surface area contributed by atoms with E-state index in [1.54, 1.807) is 29.2 Å². The molecule has 3 rings (SSSR count). The molecule has 2 aromatic carbocycles. The average molecular weight is 343 g/mol. The Labute approximate surface area is 143 Å². The zero-order valence-corrected chi connectivity index (χ0v) is 14.7. The SMILES string of the molecule is Cc1ccc(S(=O)(=O)C(C)C(=O)N2CCCc3ccccc32)cc1. The van der Waals surface area contributed by atoms with Crippen LogP contribution in [0.25, 0.3) is 0 Å². The van der Waals surface area contributed by atoms with Crippen molar-refractivity contribution in [3.63, 3.8) is 0 Å². The van der Waals surface area contributed by atoms with Crippen LogP contribution in [-0.4, -0.2) is 26.1 Å². The van der Waals surface area contributed by atoms with Gasteiger partial charge in [-0.05, 0) is 50.5 Å². The Bertz CT molecular complexity index is 856. The molecule has 5 heteroatoms. The number of hydrogen-bond acceptors (Lipinski definition) is 3. The molecule has 2 aromatic rings. The first kappa shape index (κ1) is 16.7. The van der Waals surface area contributed by atoms with Gasteiger partial charge in [0, 0.05) is 12.2 Å². The van der Waals surface area contributed by atoms with Crippen LogP contribution in [0, 0.1) is 6.92 Å². The van der Waals surface area contributed by atoms with Crippen LogP contribution in [0.4, 0.5) is 5.69 Å². The molecule has 0 aliphatic carbocycles. The maximum Gasteiger partial charge on any atom is 0.245 e. The zero-order valence-electron chi connectivity index (χ0n) is 13.9. The van der Waals surface area contributed by atoms with Gasteiger partial charge in [-0.15, -0.1) is 0 Å². The van der Waals surface area contributed by atoms with E-state index in [0.717, 1.165) is 29.7 Å². The first-order valence-corrected chi connectivity index (χ1v) is 9.66. The first-order chi connectivity index (χ1) is 11.4. The molecule has 0 radical (unpaired) electrons. The lowest BCUT2D eigenvalue weighted by atomic mass is 10.0. The van der Waals surface area contributed by atoms with Crippen molar-refractivity contribution < 1.29 is 13.2 Å². The van der Waals surface area contributed by atoms with Crippen LogP contribution in [0.1, 0.15) is 24.5 Å². The van der Waals surface area contributed by atoms with Gasteiger partial charge in [0.25, 0.3) is 0 Å². The van der Waals surface area contributed by atoms with Crippen LogP contribution in [0.5, 0.6) is 0 Å². The van der Waals surface area contributed by atoms with Crippen LogP contribution >= 0.6 is 0 Å². The van der Waals surface area contributed by atoms with Crippen LogP contribution in [-0.2, 0) is 21.1 Å². The summed E-state index contributed by atoms with van der Waals surface area (Å²) in [5, 5.41) is -1.11. The predicted molar refractivity (Wildman–Crippen MR) is 94.9 cm³/mol. The van der Waals surface area contributed by atoms with Gasteiger partial charge in [0.15, 0.2) is 9.84 Å². The van der Waals surface area contributed by atoms with E-state index in [4.69, 9.17) is 0 Å². The smallest absolute Gasteiger partial charge is 0.245 e. The number of amides is 1. The minimum absolute atomic E-state index is 0.194. The summed E-state index contributed by atoms with van der Waals surface area (Å²) >= 11 is 0. The van der Waals surface area contributed by atoms with E-state index in [0.29, 0.717) is 6.54 Å². The number of carbonyl (C=O) groups is 1. The van der Waals surface area contributed by atoms with Crippen molar-refractivity contribution >= 4 is 21.4 Å². The van der Waals surface area contributed by atoms with Crippen molar-refractivity contribution in [2.75, 3.05) is 11.4 Å². The molecule has 1 unspecified atom stereocenters. The number of sulfone groups is 1. The second-order valence-electron chi connectivity index (χ2n) is 6.22. The number of nitrogens with zero attached hydrogens (tertiary/aromatic N) is 1. The molecule has 1 amide bonds. The van der Waals surface area contributed by atoms with Crippen molar-refractivity contribution in [1.29, 1.82) is 0 Å². The van der Waals surface area contributed by atoms with Crippen LogP contribution in [0.3, 0.4) is 0 Å². The topological polar surface area (TPSA) is 54.5 Å². The van der Waals surface area contributed by atoms with E-state index in [2.05, 4.69) is 0 Å². The summed E-state index contributed by atoms with van der Waals surface area (Å²) in [6.07, 6.45) is 1.76. The number of benzene rings is 2.